The zero-order chi connectivity index (χ0) is 16.8. The van der Waals surface area contributed by atoms with Gasteiger partial charge in [0.1, 0.15) is 4.21 Å². The molecule has 1 heterocycles. The van der Waals surface area contributed by atoms with E-state index >= 15 is 0 Å². The lowest BCUT2D eigenvalue weighted by molar-refractivity contribution is 0.0974. The van der Waals surface area contributed by atoms with Crippen LogP contribution in [0.25, 0.3) is 0 Å². The minimum Gasteiger partial charge on any atom is -0.395 e. The van der Waals surface area contributed by atoms with Crippen LogP contribution in [0.1, 0.15) is 20.7 Å². The molecule has 0 amide bonds. The third-order valence-electron chi connectivity index (χ3n) is 3.45. The molecule has 0 saturated carbocycles. The summed E-state index contributed by atoms with van der Waals surface area (Å²) in [5.74, 6) is -1.63. The topological polar surface area (TPSA) is 94.3 Å². The fraction of sp³-hybridized carbons (Fsp3) is 0.0667. The Morgan fingerprint density at radius 1 is 1.00 bits per heavy atom. The number of fused-ring (bicyclic) bond motifs is 1. The molecule has 23 heavy (non-hydrogen) atoms. The molecule has 3 rings (SSSR count). The number of hydrogen-bond acceptors (Lipinski definition) is 6. The molecule has 0 bridgehead atoms. The van der Waals surface area contributed by atoms with Gasteiger partial charge < -0.3 is 5.73 Å². The normalized spacial score (nSPS) is 15.0. The highest BCUT2D eigenvalue weighted by atomic mass is 79.9. The van der Waals surface area contributed by atoms with Crippen LogP contribution in [-0.2, 0) is 9.84 Å². The third kappa shape index (κ3) is 2.77. The van der Waals surface area contributed by atoms with Crippen LogP contribution in [0.2, 0.25) is 0 Å². The molecule has 2 aromatic rings. The smallest absolute Gasteiger partial charge is 0.209 e. The molecular weight excluding hydrogens is 402 g/mol. The van der Waals surface area contributed by atoms with Gasteiger partial charge in [-0.15, -0.1) is 11.3 Å². The summed E-state index contributed by atoms with van der Waals surface area (Å²) in [7, 11) is -3.75. The van der Waals surface area contributed by atoms with E-state index in [1.165, 1.54) is 18.2 Å². The molecule has 0 unspecified atom stereocenters. The molecule has 0 fully saturated rings. The van der Waals surface area contributed by atoms with Crippen molar-refractivity contribution >= 4 is 48.7 Å². The van der Waals surface area contributed by atoms with Gasteiger partial charge in [-0.1, -0.05) is 24.3 Å². The van der Waals surface area contributed by atoms with Gasteiger partial charge in [0.15, 0.2) is 15.6 Å². The monoisotopic (exact) mass is 411 g/mol. The van der Waals surface area contributed by atoms with E-state index in [0.717, 1.165) is 11.3 Å². The molecule has 5 nitrogen and oxygen atoms in total. The average molecular weight is 412 g/mol. The van der Waals surface area contributed by atoms with Crippen LogP contribution in [-0.4, -0.2) is 25.7 Å². The minimum absolute atomic E-state index is 0.115. The second kappa shape index (κ2) is 5.70. The van der Waals surface area contributed by atoms with Gasteiger partial charge in [0.2, 0.25) is 5.78 Å². The second-order valence-electron chi connectivity index (χ2n) is 4.91. The Hall–Kier alpha value is -1.77. The Bertz CT molecular complexity index is 973. The van der Waals surface area contributed by atoms with Crippen LogP contribution in [0.15, 0.2) is 55.7 Å². The average Bonchev–Trinajstić information content (AvgIpc) is 2.97. The number of thiophene rings is 1. The van der Waals surface area contributed by atoms with Crippen LogP contribution in [0.5, 0.6) is 0 Å². The van der Waals surface area contributed by atoms with Gasteiger partial charge in [-0.3, -0.25) is 9.59 Å². The summed E-state index contributed by atoms with van der Waals surface area (Å²) >= 11 is 4.24. The predicted octanol–water partition coefficient (Wildman–Crippen LogP) is 2.58. The van der Waals surface area contributed by atoms with Gasteiger partial charge in [0, 0.05) is 16.7 Å². The van der Waals surface area contributed by atoms with Crippen LogP contribution in [0.4, 0.5) is 0 Å². The number of sulfone groups is 1. The van der Waals surface area contributed by atoms with Crippen molar-refractivity contribution in [2.45, 2.75) is 4.21 Å². The van der Waals surface area contributed by atoms with Crippen molar-refractivity contribution in [2.24, 2.45) is 5.73 Å². The molecule has 1 aliphatic carbocycles. The Labute approximate surface area is 144 Å². The largest absolute Gasteiger partial charge is 0.395 e. The van der Waals surface area contributed by atoms with E-state index in [0.29, 0.717) is 3.79 Å². The highest BCUT2D eigenvalue weighted by Gasteiger charge is 2.33. The van der Waals surface area contributed by atoms with E-state index in [1.807, 2.05) is 0 Å². The molecule has 1 aliphatic rings. The van der Waals surface area contributed by atoms with Crippen LogP contribution in [0, 0.1) is 0 Å². The fourth-order valence-electron chi connectivity index (χ4n) is 2.32. The Kier molecular flexibility index (Phi) is 3.99. The quantitative estimate of drug-likeness (QED) is 0.837. The fourth-order valence-corrected chi connectivity index (χ4v) is 5.79. The molecule has 0 atom stereocenters. The van der Waals surface area contributed by atoms with E-state index in [1.54, 1.807) is 18.2 Å². The summed E-state index contributed by atoms with van der Waals surface area (Å²) in [6.45, 7) is 0. The van der Waals surface area contributed by atoms with E-state index in [2.05, 4.69) is 15.9 Å². The third-order valence-corrected chi connectivity index (χ3v) is 7.30. The number of benzene rings is 1. The number of rotatable bonds is 3. The molecular formula is C15H10BrNO4S2. The molecule has 0 radical (unpaired) electrons. The number of halogens is 1. The minimum atomic E-state index is -3.75. The number of ketones is 2. The van der Waals surface area contributed by atoms with Crippen LogP contribution >= 0.6 is 27.3 Å². The molecule has 0 aliphatic heterocycles. The Balaban J connectivity index is 2.05. The number of Topliss-reactive ketones (excluding diaryl/α,β-unsaturated/α-hetero) is 2. The number of nitrogens with two attached hydrogens (primary N) is 1. The van der Waals surface area contributed by atoms with E-state index in [-0.39, 0.29) is 26.6 Å². The van der Waals surface area contributed by atoms with Gasteiger partial charge in [-0.25, -0.2) is 8.42 Å². The first-order valence-electron chi connectivity index (χ1n) is 6.46. The first-order valence-corrected chi connectivity index (χ1v) is 9.72. The van der Waals surface area contributed by atoms with Gasteiger partial charge >= 0.3 is 0 Å². The summed E-state index contributed by atoms with van der Waals surface area (Å²) < 4.78 is 25.7. The first kappa shape index (κ1) is 16.1. The van der Waals surface area contributed by atoms with Crippen molar-refractivity contribution in [3.63, 3.8) is 0 Å². The number of hydrogen-bond donors (Lipinski definition) is 1. The number of carbonyl (C=O) groups is 2. The standard InChI is InChI=1S/C15H10BrNO4S2/c16-11-5-6-12(22-11)23(20,21)7-10-13(17)15(19)9-4-2-1-3-8(9)14(10)18/h1-6H,7,17H2. The van der Waals surface area contributed by atoms with E-state index in [4.69, 9.17) is 5.73 Å². The molecule has 0 spiro atoms. The zero-order valence-electron chi connectivity index (χ0n) is 11.6. The lowest BCUT2D eigenvalue weighted by atomic mass is 9.88. The summed E-state index contributed by atoms with van der Waals surface area (Å²) in [6.07, 6.45) is 0. The number of allylic oxidation sites excluding steroid dienone is 1. The molecule has 2 N–H and O–H groups in total. The van der Waals surface area contributed by atoms with Crippen molar-refractivity contribution in [1.29, 1.82) is 0 Å². The summed E-state index contributed by atoms with van der Waals surface area (Å²) in [6, 6.07) is 9.30. The van der Waals surface area contributed by atoms with Crippen LogP contribution < -0.4 is 5.73 Å². The van der Waals surface area contributed by atoms with Crippen molar-refractivity contribution in [3.8, 4) is 0 Å². The maximum atomic E-state index is 12.5. The SMILES string of the molecule is NC1=C(CS(=O)(=O)c2ccc(Br)s2)C(=O)c2ccccc2C1=O. The van der Waals surface area contributed by atoms with E-state index < -0.39 is 27.2 Å². The first-order chi connectivity index (χ1) is 10.8. The van der Waals surface area contributed by atoms with Crippen molar-refractivity contribution in [2.75, 3.05) is 5.75 Å². The van der Waals surface area contributed by atoms with Gasteiger partial charge in [0.25, 0.3) is 0 Å². The molecule has 118 valence electrons. The van der Waals surface area contributed by atoms with E-state index in [9.17, 15) is 18.0 Å². The number of carbonyl (C=O) groups excluding carboxylic acids is 2. The second-order valence-corrected chi connectivity index (χ2v) is 9.59. The summed E-state index contributed by atoms with van der Waals surface area (Å²) in [5.41, 5.74) is 5.68. The van der Waals surface area contributed by atoms with Gasteiger partial charge in [0.05, 0.1) is 15.2 Å². The highest BCUT2D eigenvalue weighted by molar-refractivity contribution is 9.11. The molecule has 1 aromatic carbocycles. The Morgan fingerprint density at radius 2 is 1.61 bits per heavy atom. The predicted molar refractivity (Wildman–Crippen MR) is 90.4 cm³/mol. The van der Waals surface area contributed by atoms with Gasteiger partial charge in [-0.05, 0) is 28.1 Å². The lowest BCUT2D eigenvalue weighted by Gasteiger charge is -2.18. The highest BCUT2D eigenvalue weighted by Crippen LogP contribution is 2.30. The molecule has 1 aromatic heterocycles. The summed E-state index contributed by atoms with van der Waals surface area (Å²) in [5, 5.41) is 0. The lowest BCUT2D eigenvalue weighted by Crippen LogP contribution is -2.29. The van der Waals surface area contributed by atoms with Crippen molar-refractivity contribution in [3.05, 3.63) is 62.6 Å². The Morgan fingerprint density at radius 3 is 2.17 bits per heavy atom. The maximum Gasteiger partial charge on any atom is 0.209 e. The van der Waals surface area contributed by atoms with Crippen molar-refractivity contribution < 1.29 is 18.0 Å². The van der Waals surface area contributed by atoms with Gasteiger partial charge in [-0.2, -0.15) is 0 Å². The maximum absolute atomic E-state index is 12.5. The molecule has 0 saturated heterocycles. The summed E-state index contributed by atoms with van der Waals surface area (Å²) in [4.78, 5) is 24.8. The zero-order valence-corrected chi connectivity index (χ0v) is 14.8. The molecule has 8 heteroatoms. The van der Waals surface area contributed by atoms with Crippen molar-refractivity contribution in [1.82, 2.24) is 0 Å². The van der Waals surface area contributed by atoms with Crippen LogP contribution in [0.3, 0.4) is 0 Å².